The van der Waals surface area contributed by atoms with Crippen LogP contribution < -0.4 is 5.32 Å². The number of anilines is 1. The SMILES string of the molecule is N#Cc1cc(NCc2cc(Br)ccc2F)ccc1F. The van der Waals surface area contributed by atoms with Gasteiger partial charge < -0.3 is 5.32 Å². The Bertz CT molecular complexity index is 650. The Labute approximate surface area is 117 Å². The first kappa shape index (κ1) is 13.5. The predicted octanol–water partition coefficient (Wildman–Crippen LogP) is 4.21. The second-order valence-corrected chi connectivity index (χ2v) is 4.81. The third-order valence-electron chi connectivity index (χ3n) is 2.58. The normalized spacial score (nSPS) is 10.0. The first-order valence-electron chi connectivity index (χ1n) is 5.47. The van der Waals surface area contributed by atoms with Crippen molar-refractivity contribution in [3.05, 3.63) is 63.6 Å². The molecule has 0 aliphatic carbocycles. The molecule has 2 aromatic carbocycles. The van der Waals surface area contributed by atoms with Gasteiger partial charge in [-0.25, -0.2) is 8.78 Å². The first-order chi connectivity index (χ1) is 9.10. The summed E-state index contributed by atoms with van der Waals surface area (Å²) in [5.74, 6) is -0.889. The van der Waals surface area contributed by atoms with E-state index in [2.05, 4.69) is 21.2 Å². The van der Waals surface area contributed by atoms with E-state index < -0.39 is 5.82 Å². The maximum Gasteiger partial charge on any atom is 0.141 e. The van der Waals surface area contributed by atoms with Crippen LogP contribution in [-0.2, 0) is 6.54 Å². The maximum atomic E-state index is 13.5. The lowest BCUT2D eigenvalue weighted by Crippen LogP contribution is -2.02. The number of hydrogen-bond acceptors (Lipinski definition) is 2. The molecule has 96 valence electrons. The quantitative estimate of drug-likeness (QED) is 0.918. The molecule has 0 spiro atoms. The van der Waals surface area contributed by atoms with Gasteiger partial charge in [0.05, 0.1) is 5.56 Å². The fraction of sp³-hybridized carbons (Fsp3) is 0.0714. The summed E-state index contributed by atoms with van der Waals surface area (Å²) in [7, 11) is 0. The molecule has 0 radical (unpaired) electrons. The Hall–Kier alpha value is -1.93. The highest BCUT2D eigenvalue weighted by molar-refractivity contribution is 9.10. The van der Waals surface area contributed by atoms with E-state index in [4.69, 9.17) is 5.26 Å². The highest BCUT2D eigenvalue weighted by atomic mass is 79.9. The standard InChI is InChI=1S/C14H9BrF2N2/c15-11-1-3-14(17)10(5-11)8-19-12-2-4-13(16)9(6-12)7-18/h1-6,19H,8H2. The van der Waals surface area contributed by atoms with Gasteiger partial charge in [-0.1, -0.05) is 15.9 Å². The van der Waals surface area contributed by atoms with Crippen LogP contribution in [0.5, 0.6) is 0 Å². The van der Waals surface area contributed by atoms with E-state index in [-0.39, 0.29) is 17.9 Å². The van der Waals surface area contributed by atoms with Crippen LogP contribution in [0.1, 0.15) is 11.1 Å². The minimum absolute atomic E-state index is 0.0419. The number of benzene rings is 2. The number of nitrogens with one attached hydrogen (secondary N) is 1. The van der Waals surface area contributed by atoms with Gasteiger partial charge in [0.25, 0.3) is 0 Å². The maximum absolute atomic E-state index is 13.5. The van der Waals surface area contributed by atoms with E-state index >= 15 is 0 Å². The molecule has 0 saturated heterocycles. The third-order valence-corrected chi connectivity index (χ3v) is 3.07. The van der Waals surface area contributed by atoms with Crippen LogP contribution in [0.2, 0.25) is 0 Å². The minimum Gasteiger partial charge on any atom is -0.381 e. The summed E-state index contributed by atoms with van der Waals surface area (Å²) in [6, 6.07) is 10.5. The van der Waals surface area contributed by atoms with Crippen molar-refractivity contribution < 1.29 is 8.78 Å². The molecule has 5 heteroatoms. The van der Waals surface area contributed by atoms with E-state index in [1.807, 2.05) is 0 Å². The average molecular weight is 323 g/mol. The molecule has 0 fully saturated rings. The lowest BCUT2D eigenvalue weighted by Gasteiger charge is -2.08. The zero-order valence-corrected chi connectivity index (χ0v) is 11.3. The summed E-state index contributed by atoms with van der Waals surface area (Å²) in [4.78, 5) is 0. The zero-order valence-electron chi connectivity index (χ0n) is 9.75. The van der Waals surface area contributed by atoms with Crippen LogP contribution in [0, 0.1) is 23.0 Å². The molecule has 2 nitrogen and oxygen atoms in total. The van der Waals surface area contributed by atoms with E-state index in [9.17, 15) is 8.78 Å². The molecular formula is C14H9BrF2N2. The molecule has 2 aromatic rings. The predicted molar refractivity (Wildman–Crippen MR) is 72.5 cm³/mol. The number of rotatable bonds is 3. The lowest BCUT2D eigenvalue weighted by atomic mass is 10.2. The molecule has 19 heavy (non-hydrogen) atoms. The highest BCUT2D eigenvalue weighted by Crippen LogP contribution is 2.18. The van der Waals surface area contributed by atoms with Gasteiger partial charge >= 0.3 is 0 Å². The molecule has 0 heterocycles. The van der Waals surface area contributed by atoms with Crippen LogP contribution in [-0.4, -0.2) is 0 Å². The lowest BCUT2D eigenvalue weighted by molar-refractivity contribution is 0.612. The van der Waals surface area contributed by atoms with Gasteiger partial charge in [0.1, 0.15) is 17.7 Å². The molecule has 0 atom stereocenters. The van der Waals surface area contributed by atoms with Crippen molar-refractivity contribution in [3.8, 4) is 6.07 Å². The van der Waals surface area contributed by atoms with Crippen molar-refractivity contribution in [1.29, 1.82) is 5.26 Å². The molecular weight excluding hydrogens is 314 g/mol. The van der Waals surface area contributed by atoms with E-state index in [1.165, 1.54) is 24.3 Å². The van der Waals surface area contributed by atoms with Crippen molar-refractivity contribution in [1.82, 2.24) is 0 Å². The van der Waals surface area contributed by atoms with Gasteiger partial charge in [0.2, 0.25) is 0 Å². The van der Waals surface area contributed by atoms with Crippen LogP contribution >= 0.6 is 15.9 Å². The van der Waals surface area contributed by atoms with Gasteiger partial charge in [0, 0.05) is 22.3 Å². The number of halogens is 3. The van der Waals surface area contributed by atoms with E-state index in [1.54, 1.807) is 18.2 Å². The first-order valence-corrected chi connectivity index (χ1v) is 6.27. The van der Waals surface area contributed by atoms with Crippen LogP contribution in [0.25, 0.3) is 0 Å². The van der Waals surface area contributed by atoms with E-state index in [0.29, 0.717) is 11.3 Å². The molecule has 2 rings (SSSR count). The van der Waals surface area contributed by atoms with Gasteiger partial charge in [-0.2, -0.15) is 5.26 Å². The molecule has 0 aliphatic heterocycles. The van der Waals surface area contributed by atoms with Crippen molar-refractivity contribution in [2.45, 2.75) is 6.54 Å². The van der Waals surface area contributed by atoms with Crippen molar-refractivity contribution in [2.24, 2.45) is 0 Å². The summed E-state index contributed by atoms with van der Waals surface area (Å²) < 4.78 is 27.4. The summed E-state index contributed by atoms with van der Waals surface area (Å²) >= 11 is 3.27. The highest BCUT2D eigenvalue weighted by Gasteiger charge is 2.05. The fourth-order valence-electron chi connectivity index (χ4n) is 1.60. The molecule has 0 saturated carbocycles. The minimum atomic E-state index is -0.568. The monoisotopic (exact) mass is 322 g/mol. The average Bonchev–Trinajstić information content (AvgIpc) is 2.41. The van der Waals surface area contributed by atoms with Gasteiger partial charge in [-0.15, -0.1) is 0 Å². The number of hydrogen-bond donors (Lipinski definition) is 1. The molecule has 0 aliphatic rings. The Morgan fingerprint density at radius 1 is 1.11 bits per heavy atom. The number of nitriles is 1. The number of nitrogens with zero attached hydrogens (tertiary/aromatic N) is 1. The van der Waals surface area contributed by atoms with Crippen molar-refractivity contribution in [2.75, 3.05) is 5.32 Å². The van der Waals surface area contributed by atoms with Crippen LogP contribution in [0.4, 0.5) is 14.5 Å². The molecule has 0 unspecified atom stereocenters. The Balaban J connectivity index is 2.15. The summed E-state index contributed by atoms with van der Waals surface area (Å²) in [5, 5.41) is 11.7. The van der Waals surface area contributed by atoms with Crippen molar-refractivity contribution in [3.63, 3.8) is 0 Å². The Morgan fingerprint density at radius 3 is 2.58 bits per heavy atom. The van der Waals surface area contributed by atoms with E-state index in [0.717, 1.165) is 4.47 Å². The third kappa shape index (κ3) is 3.30. The van der Waals surface area contributed by atoms with Gasteiger partial charge in [-0.3, -0.25) is 0 Å². The second-order valence-electron chi connectivity index (χ2n) is 3.90. The Morgan fingerprint density at radius 2 is 1.84 bits per heavy atom. The molecule has 1 N–H and O–H groups in total. The largest absolute Gasteiger partial charge is 0.381 e. The molecule has 0 bridgehead atoms. The molecule has 0 amide bonds. The molecule has 0 aromatic heterocycles. The summed E-state index contributed by atoms with van der Waals surface area (Å²) in [6.45, 7) is 0.252. The van der Waals surface area contributed by atoms with Gasteiger partial charge in [0.15, 0.2) is 0 Å². The van der Waals surface area contributed by atoms with Crippen molar-refractivity contribution >= 4 is 21.6 Å². The summed E-state index contributed by atoms with van der Waals surface area (Å²) in [5.41, 5.74) is 1.01. The second kappa shape index (κ2) is 5.81. The smallest absolute Gasteiger partial charge is 0.141 e. The van der Waals surface area contributed by atoms with Gasteiger partial charge in [-0.05, 0) is 36.4 Å². The topological polar surface area (TPSA) is 35.8 Å². The Kier molecular flexibility index (Phi) is 4.13. The van der Waals surface area contributed by atoms with Crippen LogP contribution in [0.15, 0.2) is 40.9 Å². The van der Waals surface area contributed by atoms with Crippen LogP contribution in [0.3, 0.4) is 0 Å². The zero-order chi connectivity index (χ0) is 13.8. The summed E-state index contributed by atoms with van der Waals surface area (Å²) in [6.07, 6.45) is 0. The fourth-order valence-corrected chi connectivity index (χ4v) is 2.01.